The maximum atomic E-state index is 12.7. The number of aryl methyl sites for hydroxylation is 1. The number of hydrogen-bond donors (Lipinski definition) is 0. The fraction of sp³-hybridized carbons (Fsp3) is 0.188. The molecule has 0 aliphatic carbocycles. The van der Waals surface area contributed by atoms with Crippen molar-refractivity contribution < 1.29 is 9.53 Å². The molecule has 0 aliphatic rings. The van der Waals surface area contributed by atoms with E-state index in [9.17, 15) is 4.79 Å². The van der Waals surface area contributed by atoms with Gasteiger partial charge >= 0.3 is 6.01 Å². The highest BCUT2D eigenvalue weighted by molar-refractivity contribution is 7.13. The van der Waals surface area contributed by atoms with Crippen LogP contribution in [0, 0.1) is 6.92 Å². The topological polar surface area (TPSA) is 57.0 Å². The predicted octanol–water partition coefficient (Wildman–Crippen LogP) is 3.40. The Morgan fingerprint density at radius 3 is 2.68 bits per heavy atom. The Balaban J connectivity index is 2.04. The Labute approximate surface area is 132 Å². The van der Waals surface area contributed by atoms with Gasteiger partial charge in [-0.25, -0.2) is 0 Å². The molecule has 0 radical (unpaired) electrons. The summed E-state index contributed by atoms with van der Waals surface area (Å²) in [6.45, 7) is 4.29. The molecular formula is C16H15N3O2S. The van der Waals surface area contributed by atoms with E-state index in [2.05, 4.69) is 10.1 Å². The van der Waals surface area contributed by atoms with Crippen molar-refractivity contribution in [3.8, 4) is 16.7 Å². The van der Waals surface area contributed by atoms with Crippen LogP contribution in [0.3, 0.4) is 0 Å². The summed E-state index contributed by atoms with van der Waals surface area (Å²) in [6.07, 6.45) is 0. The fourth-order valence-corrected chi connectivity index (χ4v) is 2.71. The molecule has 0 fully saturated rings. The van der Waals surface area contributed by atoms with Crippen LogP contribution in [0.25, 0.3) is 10.7 Å². The molecular weight excluding hydrogens is 298 g/mol. The number of hydrogen-bond acceptors (Lipinski definition) is 5. The van der Waals surface area contributed by atoms with Gasteiger partial charge in [-0.15, -0.1) is 16.4 Å². The van der Waals surface area contributed by atoms with Crippen LogP contribution >= 0.6 is 11.3 Å². The van der Waals surface area contributed by atoms with Crippen LogP contribution in [-0.4, -0.2) is 27.3 Å². The summed E-state index contributed by atoms with van der Waals surface area (Å²) >= 11 is 1.51. The normalized spacial score (nSPS) is 10.6. The molecule has 112 valence electrons. The smallest absolute Gasteiger partial charge is 0.336 e. The molecule has 0 saturated carbocycles. The molecule has 3 aromatic rings. The maximum Gasteiger partial charge on any atom is 0.336 e. The van der Waals surface area contributed by atoms with Gasteiger partial charge in [0.25, 0.3) is 5.91 Å². The molecule has 0 unspecified atom stereocenters. The Bertz CT molecular complexity index is 776. The standard InChI is InChI=1S/C16H15N3O2S/c1-3-21-16-17-14(13-5-4-10-22-13)19(18-16)15(20)12-8-6-11(2)7-9-12/h4-10H,3H2,1-2H3. The first kappa shape index (κ1) is 14.5. The first-order valence-electron chi connectivity index (χ1n) is 6.94. The highest BCUT2D eigenvalue weighted by atomic mass is 32.1. The average molecular weight is 313 g/mol. The minimum atomic E-state index is -0.221. The van der Waals surface area contributed by atoms with Gasteiger partial charge in [0.15, 0.2) is 5.82 Å². The SMILES string of the molecule is CCOc1nc(-c2cccs2)n(C(=O)c2ccc(C)cc2)n1. The third kappa shape index (κ3) is 2.78. The molecule has 6 heteroatoms. The van der Waals surface area contributed by atoms with E-state index in [1.807, 2.05) is 43.5 Å². The second-order valence-corrected chi connectivity index (χ2v) is 5.66. The summed E-state index contributed by atoms with van der Waals surface area (Å²) in [5, 5.41) is 6.13. The Morgan fingerprint density at radius 2 is 2.05 bits per heavy atom. The molecule has 0 N–H and O–H groups in total. The number of carbonyl (C=O) groups is 1. The lowest BCUT2D eigenvalue weighted by molar-refractivity contribution is 0.0945. The van der Waals surface area contributed by atoms with Gasteiger partial charge in [0.2, 0.25) is 0 Å². The molecule has 22 heavy (non-hydrogen) atoms. The maximum absolute atomic E-state index is 12.7. The van der Waals surface area contributed by atoms with E-state index in [-0.39, 0.29) is 11.9 Å². The van der Waals surface area contributed by atoms with E-state index in [0.29, 0.717) is 18.0 Å². The van der Waals surface area contributed by atoms with Crippen molar-refractivity contribution in [2.45, 2.75) is 13.8 Å². The highest BCUT2D eigenvalue weighted by Crippen LogP contribution is 2.25. The minimum absolute atomic E-state index is 0.214. The van der Waals surface area contributed by atoms with Crippen LogP contribution in [0.15, 0.2) is 41.8 Å². The number of benzene rings is 1. The summed E-state index contributed by atoms with van der Waals surface area (Å²) in [6, 6.07) is 11.4. The monoisotopic (exact) mass is 313 g/mol. The summed E-state index contributed by atoms with van der Waals surface area (Å²) in [5.41, 5.74) is 1.67. The lowest BCUT2D eigenvalue weighted by Gasteiger charge is -2.03. The number of carbonyl (C=O) groups excluding carboxylic acids is 1. The summed E-state index contributed by atoms with van der Waals surface area (Å²) in [5.74, 6) is 0.283. The number of rotatable bonds is 4. The predicted molar refractivity (Wildman–Crippen MR) is 85.4 cm³/mol. The van der Waals surface area contributed by atoms with Crippen LogP contribution in [0.5, 0.6) is 6.01 Å². The molecule has 0 atom stereocenters. The second kappa shape index (κ2) is 6.11. The zero-order valence-electron chi connectivity index (χ0n) is 12.3. The number of ether oxygens (including phenoxy) is 1. The average Bonchev–Trinajstić information content (AvgIpc) is 3.16. The molecule has 5 nitrogen and oxygen atoms in total. The molecule has 0 saturated heterocycles. The van der Waals surface area contributed by atoms with Crippen LogP contribution in [-0.2, 0) is 0 Å². The fourth-order valence-electron chi connectivity index (χ4n) is 2.01. The van der Waals surface area contributed by atoms with Crippen LogP contribution in [0.2, 0.25) is 0 Å². The van der Waals surface area contributed by atoms with Gasteiger partial charge in [-0.2, -0.15) is 9.67 Å². The van der Waals surface area contributed by atoms with E-state index in [0.717, 1.165) is 10.4 Å². The van der Waals surface area contributed by atoms with Crippen molar-refractivity contribution in [2.24, 2.45) is 0 Å². The van der Waals surface area contributed by atoms with Gasteiger partial charge in [-0.05, 0) is 37.4 Å². The largest absolute Gasteiger partial charge is 0.463 e. The lowest BCUT2D eigenvalue weighted by Crippen LogP contribution is -2.15. The Hall–Kier alpha value is -2.47. The van der Waals surface area contributed by atoms with Crippen molar-refractivity contribution >= 4 is 17.2 Å². The van der Waals surface area contributed by atoms with Gasteiger partial charge in [0.05, 0.1) is 11.5 Å². The van der Waals surface area contributed by atoms with E-state index < -0.39 is 0 Å². The number of nitrogens with zero attached hydrogens (tertiary/aromatic N) is 3. The van der Waals surface area contributed by atoms with Crippen molar-refractivity contribution in [1.82, 2.24) is 14.8 Å². The molecule has 0 spiro atoms. The van der Waals surface area contributed by atoms with E-state index in [1.54, 1.807) is 12.1 Å². The molecule has 1 aromatic carbocycles. The van der Waals surface area contributed by atoms with Gasteiger partial charge in [0.1, 0.15) is 0 Å². The van der Waals surface area contributed by atoms with E-state index in [1.165, 1.54) is 16.0 Å². The van der Waals surface area contributed by atoms with Crippen LogP contribution < -0.4 is 4.74 Å². The lowest BCUT2D eigenvalue weighted by atomic mass is 10.1. The second-order valence-electron chi connectivity index (χ2n) is 4.71. The Kier molecular flexibility index (Phi) is 4.02. The molecule has 3 rings (SSSR count). The Morgan fingerprint density at radius 1 is 1.27 bits per heavy atom. The van der Waals surface area contributed by atoms with Gasteiger partial charge in [-0.3, -0.25) is 4.79 Å². The molecule has 2 aromatic heterocycles. The number of thiophene rings is 1. The molecule has 0 aliphatic heterocycles. The first-order valence-corrected chi connectivity index (χ1v) is 7.82. The quantitative estimate of drug-likeness (QED) is 0.740. The number of aromatic nitrogens is 3. The highest BCUT2D eigenvalue weighted by Gasteiger charge is 2.20. The van der Waals surface area contributed by atoms with Crippen molar-refractivity contribution in [3.05, 3.63) is 52.9 Å². The molecule has 2 heterocycles. The van der Waals surface area contributed by atoms with Gasteiger partial charge in [0, 0.05) is 5.56 Å². The summed E-state index contributed by atoms with van der Waals surface area (Å²) in [4.78, 5) is 17.9. The van der Waals surface area contributed by atoms with E-state index >= 15 is 0 Å². The summed E-state index contributed by atoms with van der Waals surface area (Å²) in [7, 11) is 0. The molecule has 0 amide bonds. The van der Waals surface area contributed by atoms with Crippen LogP contribution in [0.4, 0.5) is 0 Å². The van der Waals surface area contributed by atoms with E-state index in [4.69, 9.17) is 4.74 Å². The zero-order valence-corrected chi connectivity index (χ0v) is 13.1. The van der Waals surface area contributed by atoms with Gasteiger partial charge in [-0.1, -0.05) is 23.8 Å². The molecule has 0 bridgehead atoms. The van der Waals surface area contributed by atoms with Crippen LogP contribution in [0.1, 0.15) is 22.8 Å². The van der Waals surface area contributed by atoms with Gasteiger partial charge < -0.3 is 4.74 Å². The summed E-state index contributed by atoms with van der Waals surface area (Å²) < 4.78 is 6.65. The third-order valence-corrected chi connectivity index (χ3v) is 3.96. The zero-order chi connectivity index (χ0) is 15.5. The van der Waals surface area contributed by atoms with Crippen molar-refractivity contribution in [2.75, 3.05) is 6.61 Å². The first-order chi connectivity index (χ1) is 10.7. The van der Waals surface area contributed by atoms with Crippen molar-refractivity contribution in [3.63, 3.8) is 0 Å². The van der Waals surface area contributed by atoms with Crippen molar-refractivity contribution in [1.29, 1.82) is 0 Å². The third-order valence-electron chi connectivity index (χ3n) is 3.09. The minimum Gasteiger partial charge on any atom is -0.463 e.